The summed E-state index contributed by atoms with van der Waals surface area (Å²) < 4.78 is 0. The number of nitrogens with zero attached hydrogens (tertiary/aromatic N) is 2. The molecule has 0 aliphatic rings. The van der Waals surface area contributed by atoms with Gasteiger partial charge in [-0.05, 0) is 18.2 Å². The Kier molecular flexibility index (Phi) is 1.94. The summed E-state index contributed by atoms with van der Waals surface area (Å²) in [5.41, 5.74) is 1.78. The van der Waals surface area contributed by atoms with Gasteiger partial charge in [0.1, 0.15) is 5.15 Å². The maximum Gasteiger partial charge on any atom is 0.233 e. The Hall–Kier alpha value is -1.48. The van der Waals surface area contributed by atoms with Gasteiger partial charge < -0.3 is 0 Å². The molecule has 4 heteroatoms. The van der Waals surface area contributed by atoms with E-state index in [-0.39, 0.29) is 0 Å². The fraction of sp³-hybridized carbons (Fsp3) is 0. The van der Waals surface area contributed by atoms with E-state index in [2.05, 4.69) is 9.97 Å². The van der Waals surface area contributed by atoms with Gasteiger partial charge in [0.25, 0.3) is 0 Å². The number of fused-ring (bicyclic) bond motifs is 1. The lowest BCUT2D eigenvalue weighted by molar-refractivity contribution is 0.563. The van der Waals surface area contributed by atoms with Crippen molar-refractivity contribution in [1.82, 2.24) is 9.97 Å². The molecular formula is C9H4ClN2O. The zero-order valence-electron chi connectivity index (χ0n) is 6.49. The molecule has 0 aliphatic carbocycles. The lowest BCUT2D eigenvalue weighted by Gasteiger charge is -1.96. The predicted octanol–water partition coefficient (Wildman–Crippen LogP) is 1.74. The van der Waals surface area contributed by atoms with Crippen LogP contribution < -0.4 is 0 Å². The molecule has 0 spiro atoms. The average Bonchev–Trinajstić information content (AvgIpc) is 2.17. The number of aromatic nitrogens is 2. The molecule has 0 fully saturated rings. The van der Waals surface area contributed by atoms with Crippen LogP contribution in [0.25, 0.3) is 11.0 Å². The van der Waals surface area contributed by atoms with Crippen molar-refractivity contribution in [2.24, 2.45) is 0 Å². The minimum atomic E-state index is 0.343. The van der Waals surface area contributed by atoms with Crippen molar-refractivity contribution in [2.45, 2.75) is 0 Å². The second-order valence-corrected chi connectivity index (χ2v) is 2.89. The summed E-state index contributed by atoms with van der Waals surface area (Å²) in [4.78, 5) is 18.4. The SMILES string of the molecule is O=[C]c1ccc2nc(Cl)cnc2c1. The molecule has 0 saturated carbocycles. The summed E-state index contributed by atoms with van der Waals surface area (Å²) in [7, 11) is 0. The van der Waals surface area contributed by atoms with E-state index < -0.39 is 0 Å². The number of rotatable bonds is 1. The summed E-state index contributed by atoms with van der Waals surface area (Å²) in [6, 6.07) is 4.93. The van der Waals surface area contributed by atoms with E-state index in [9.17, 15) is 4.79 Å². The highest BCUT2D eigenvalue weighted by atomic mass is 35.5. The van der Waals surface area contributed by atoms with Crippen LogP contribution in [-0.4, -0.2) is 16.3 Å². The van der Waals surface area contributed by atoms with E-state index in [0.29, 0.717) is 21.7 Å². The molecule has 0 unspecified atom stereocenters. The van der Waals surface area contributed by atoms with E-state index in [1.54, 1.807) is 24.5 Å². The quantitative estimate of drug-likeness (QED) is 0.690. The molecule has 0 atom stereocenters. The minimum Gasteiger partial charge on any atom is -0.285 e. The van der Waals surface area contributed by atoms with Gasteiger partial charge in [-0.2, -0.15) is 0 Å². The Bertz CT molecular complexity index is 470. The Labute approximate surface area is 79.4 Å². The highest BCUT2D eigenvalue weighted by Crippen LogP contribution is 2.13. The third-order valence-corrected chi connectivity index (χ3v) is 1.81. The first-order valence-electron chi connectivity index (χ1n) is 3.60. The van der Waals surface area contributed by atoms with Crippen LogP contribution in [0.15, 0.2) is 24.4 Å². The molecule has 0 N–H and O–H groups in total. The molecule has 1 radical (unpaired) electrons. The molecule has 2 aromatic rings. The topological polar surface area (TPSA) is 42.9 Å². The first-order chi connectivity index (χ1) is 6.29. The lowest BCUT2D eigenvalue weighted by atomic mass is 10.2. The Morgan fingerprint density at radius 1 is 1.31 bits per heavy atom. The third kappa shape index (κ3) is 1.51. The van der Waals surface area contributed by atoms with Crippen molar-refractivity contribution in [2.75, 3.05) is 0 Å². The van der Waals surface area contributed by atoms with Crippen LogP contribution >= 0.6 is 11.6 Å². The fourth-order valence-electron chi connectivity index (χ4n) is 1.05. The Morgan fingerprint density at radius 2 is 2.15 bits per heavy atom. The van der Waals surface area contributed by atoms with Gasteiger partial charge in [-0.1, -0.05) is 11.6 Å². The van der Waals surface area contributed by atoms with Crippen LogP contribution in [0, 0.1) is 0 Å². The van der Waals surface area contributed by atoms with Gasteiger partial charge in [0.2, 0.25) is 6.29 Å². The van der Waals surface area contributed by atoms with E-state index in [1.807, 2.05) is 0 Å². The van der Waals surface area contributed by atoms with Gasteiger partial charge in [0.05, 0.1) is 17.2 Å². The molecule has 0 saturated heterocycles. The highest BCUT2D eigenvalue weighted by molar-refractivity contribution is 6.29. The van der Waals surface area contributed by atoms with Crippen molar-refractivity contribution in [3.05, 3.63) is 35.1 Å². The molecule has 1 aromatic carbocycles. The number of halogens is 1. The Morgan fingerprint density at radius 3 is 2.92 bits per heavy atom. The summed E-state index contributed by atoms with van der Waals surface area (Å²) in [5.74, 6) is 0. The summed E-state index contributed by atoms with van der Waals surface area (Å²) in [5, 5.41) is 0.343. The first-order valence-corrected chi connectivity index (χ1v) is 3.98. The normalized spacial score (nSPS) is 10.2. The van der Waals surface area contributed by atoms with Crippen molar-refractivity contribution in [3.63, 3.8) is 0 Å². The maximum atomic E-state index is 10.3. The second-order valence-electron chi connectivity index (χ2n) is 2.50. The molecule has 3 nitrogen and oxygen atoms in total. The molecule has 0 aliphatic heterocycles. The van der Waals surface area contributed by atoms with Gasteiger partial charge in [0, 0.05) is 5.56 Å². The van der Waals surface area contributed by atoms with Gasteiger partial charge >= 0.3 is 0 Å². The molecule has 1 heterocycles. The monoisotopic (exact) mass is 191 g/mol. The van der Waals surface area contributed by atoms with Crippen molar-refractivity contribution < 1.29 is 4.79 Å². The second kappa shape index (κ2) is 3.11. The van der Waals surface area contributed by atoms with Gasteiger partial charge in [-0.15, -0.1) is 0 Å². The van der Waals surface area contributed by atoms with E-state index in [0.717, 1.165) is 0 Å². The molecular weight excluding hydrogens is 188 g/mol. The number of benzene rings is 1. The van der Waals surface area contributed by atoms with Crippen LogP contribution in [0.1, 0.15) is 5.56 Å². The smallest absolute Gasteiger partial charge is 0.233 e. The minimum absolute atomic E-state index is 0.343. The highest BCUT2D eigenvalue weighted by Gasteiger charge is 1.99. The van der Waals surface area contributed by atoms with Crippen LogP contribution in [0.4, 0.5) is 0 Å². The van der Waals surface area contributed by atoms with Crippen molar-refractivity contribution in [3.8, 4) is 0 Å². The molecule has 2 rings (SSSR count). The lowest BCUT2D eigenvalue weighted by Crippen LogP contribution is -1.86. The van der Waals surface area contributed by atoms with Gasteiger partial charge in [-0.25, -0.2) is 4.98 Å². The first kappa shape index (κ1) is 8.13. The van der Waals surface area contributed by atoms with Crippen LogP contribution in [0.3, 0.4) is 0 Å². The molecule has 0 bridgehead atoms. The molecule has 1 aromatic heterocycles. The average molecular weight is 192 g/mol. The number of carbonyl (C=O) groups excluding carboxylic acids is 1. The van der Waals surface area contributed by atoms with Crippen LogP contribution in [0.2, 0.25) is 5.15 Å². The number of hydrogen-bond acceptors (Lipinski definition) is 3. The van der Waals surface area contributed by atoms with Crippen LogP contribution in [0.5, 0.6) is 0 Å². The Balaban J connectivity index is 2.73. The standard InChI is InChI=1S/C9H4ClN2O/c10-9-4-11-8-3-6(5-13)1-2-7(8)12-9/h1-4H. The third-order valence-electron chi connectivity index (χ3n) is 1.63. The van der Waals surface area contributed by atoms with E-state index in [1.165, 1.54) is 6.20 Å². The largest absolute Gasteiger partial charge is 0.285 e. The van der Waals surface area contributed by atoms with Crippen molar-refractivity contribution >= 4 is 28.9 Å². The molecule has 0 amide bonds. The van der Waals surface area contributed by atoms with E-state index in [4.69, 9.17) is 11.6 Å². The zero-order chi connectivity index (χ0) is 9.26. The zero-order valence-corrected chi connectivity index (χ0v) is 7.25. The summed E-state index contributed by atoms with van der Waals surface area (Å²) in [6.07, 6.45) is 3.23. The van der Waals surface area contributed by atoms with E-state index >= 15 is 0 Å². The fourth-order valence-corrected chi connectivity index (χ4v) is 1.19. The summed E-state index contributed by atoms with van der Waals surface area (Å²) >= 11 is 5.64. The maximum absolute atomic E-state index is 10.3. The van der Waals surface area contributed by atoms with Gasteiger partial charge in [0.15, 0.2) is 0 Å². The predicted molar refractivity (Wildman–Crippen MR) is 49.3 cm³/mol. The van der Waals surface area contributed by atoms with Crippen LogP contribution in [-0.2, 0) is 4.79 Å². The van der Waals surface area contributed by atoms with Gasteiger partial charge in [-0.3, -0.25) is 9.78 Å². The molecule has 63 valence electrons. The number of hydrogen-bond donors (Lipinski definition) is 0. The van der Waals surface area contributed by atoms with Crippen molar-refractivity contribution in [1.29, 1.82) is 0 Å². The molecule has 13 heavy (non-hydrogen) atoms. The summed E-state index contributed by atoms with van der Waals surface area (Å²) in [6.45, 7) is 0.